The van der Waals surface area contributed by atoms with Crippen LogP contribution in [0.15, 0.2) is 36.9 Å². The van der Waals surface area contributed by atoms with Crippen molar-refractivity contribution in [1.29, 1.82) is 0 Å². The zero-order valence-corrected chi connectivity index (χ0v) is 14.5. The quantitative estimate of drug-likeness (QED) is 0.686. The number of nitrogen functional groups attached to an aromatic ring is 1. The molecule has 0 fully saturated rings. The van der Waals surface area contributed by atoms with Crippen molar-refractivity contribution < 1.29 is 9.13 Å². The van der Waals surface area contributed by atoms with E-state index in [2.05, 4.69) is 20.2 Å². The van der Waals surface area contributed by atoms with E-state index in [4.69, 9.17) is 33.7 Å². The lowest BCUT2D eigenvalue weighted by Gasteiger charge is -2.19. The molecular weight excluding hydrogens is 368 g/mol. The van der Waals surface area contributed by atoms with E-state index in [1.165, 1.54) is 18.5 Å². The molecule has 0 amide bonds. The largest absolute Gasteiger partial charge is 0.482 e. The number of aromatic nitrogens is 4. The molecule has 0 radical (unpaired) electrons. The van der Waals surface area contributed by atoms with Crippen molar-refractivity contribution in [2.75, 3.05) is 5.73 Å². The molecule has 0 aliphatic carbocycles. The highest BCUT2D eigenvalue weighted by molar-refractivity contribution is 6.36. The van der Waals surface area contributed by atoms with Crippen molar-refractivity contribution in [2.45, 2.75) is 13.0 Å². The monoisotopic (exact) mass is 379 g/mol. The molecule has 25 heavy (non-hydrogen) atoms. The highest BCUT2D eigenvalue weighted by atomic mass is 35.5. The van der Waals surface area contributed by atoms with E-state index < -0.39 is 11.9 Å². The topological polar surface area (TPSA) is 86.8 Å². The van der Waals surface area contributed by atoms with Gasteiger partial charge in [-0.15, -0.1) is 10.2 Å². The summed E-state index contributed by atoms with van der Waals surface area (Å²) in [5.41, 5.74) is 7.28. The molecule has 6 nitrogen and oxygen atoms in total. The number of halogens is 3. The van der Waals surface area contributed by atoms with Gasteiger partial charge in [0.25, 0.3) is 0 Å². The van der Waals surface area contributed by atoms with E-state index >= 15 is 0 Å². The summed E-state index contributed by atoms with van der Waals surface area (Å²) in [7, 11) is 0. The van der Waals surface area contributed by atoms with Crippen LogP contribution in [0.3, 0.4) is 0 Å². The molecule has 0 saturated carbocycles. The van der Waals surface area contributed by atoms with Crippen LogP contribution < -0.4 is 10.5 Å². The maximum Gasteiger partial charge on any atom is 0.188 e. The number of nitrogens with zero attached hydrogens (tertiary/aromatic N) is 4. The summed E-state index contributed by atoms with van der Waals surface area (Å²) < 4.78 is 19.5. The first kappa shape index (κ1) is 17.3. The molecule has 0 saturated heterocycles. The third kappa shape index (κ3) is 3.62. The molecular formula is C16H12Cl2FN5O. The van der Waals surface area contributed by atoms with Gasteiger partial charge in [0.15, 0.2) is 11.6 Å². The highest BCUT2D eigenvalue weighted by Gasteiger charge is 2.20. The lowest BCUT2D eigenvalue weighted by Crippen LogP contribution is -2.09. The van der Waals surface area contributed by atoms with Crippen molar-refractivity contribution in [1.82, 2.24) is 20.2 Å². The van der Waals surface area contributed by atoms with Gasteiger partial charge >= 0.3 is 0 Å². The Balaban J connectivity index is 1.94. The van der Waals surface area contributed by atoms with Gasteiger partial charge in [0.1, 0.15) is 18.2 Å². The Labute approximate surface area is 152 Å². The Morgan fingerprint density at radius 2 is 1.88 bits per heavy atom. The fourth-order valence-electron chi connectivity index (χ4n) is 2.22. The minimum absolute atomic E-state index is 0.0797. The zero-order valence-electron chi connectivity index (χ0n) is 12.9. The first-order valence-corrected chi connectivity index (χ1v) is 7.91. The van der Waals surface area contributed by atoms with E-state index in [0.717, 1.165) is 0 Å². The van der Waals surface area contributed by atoms with Crippen LogP contribution in [-0.2, 0) is 0 Å². The lowest BCUT2D eigenvalue weighted by molar-refractivity contribution is 0.227. The van der Waals surface area contributed by atoms with E-state index in [-0.39, 0.29) is 21.6 Å². The molecule has 0 bridgehead atoms. The average Bonchev–Trinajstić information content (AvgIpc) is 2.61. The van der Waals surface area contributed by atoms with E-state index in [1.807, 2.05) is 0 Å². The minimum atomic E-state index is -0.665. The fraction of sp³-hybridized carbons (Fsp3) is 0.125. The van der Waals surface area contributed by atoms with Gasteiger partial charge in [-0.2, -0.15) is 0 Å². The molecule has 0 spiro atoms. The maximum absolute atomic E-state index is 13.7. The van der Waals surface area contributed by atoms with Crippen LogP contribution in [0, 0.1) is 5.82 Å². The van der Waals surface area contributed by atoms with Crippen molar-refractivity contribution in [3.8, 4) is 17.0 Å². The number of rotatable bonds is 4. The molecule has 3 rings (SSSR count). The van der Waals surface area contributed by atoms with Crippen LogP contribution in [0.2, 0.25) is 10.0 Å². The van der Waals surface area contributed by atoms with E-state index in [0.29, 0.717) is 16.8 Å². The zero-order chi connectivity index (χ0) is 18.0. The lowest BCUT2D eigenvalue weighted by atomic mass is 10.1. The number of hydrogen-bond donors (Lipinski definition) is 1. The summed E-state index contributed by atoms with van der Waals surface area (Å²) in [6, 6.07) is 4.20. The van der Waals surface area contributed by atoms with Crippen LogP contribution in [0.25, 0.3) is 11.3 Å². The Morgan fingerprint density at radius 1 is 1.16 bits per heavy atom. The summed E-state index contributed by atoms with van der Waals surface area (Å²) in [4.78, 5) is 7.85. The molecule has 2 heterocycles. The molecule has 2 N–H and O–H groups in total. The normalized spacial score (nSPS) is 12.0. The first-order chi connectivity index (χ1) is 12.0. The summed E-state index contributed by atoms with van der Waals surface area (Å²) >= 11 is 12.1. The number of benzene rings is 1. The standard InChI is InChI=1S/C16H12Cl2FN5O/c1-8(14-10(17)2-3-11(19)15(14)18)25-13-4-12(23-24-16(13)20)9-5-21-7-22-6-9/h2-8H,1H3,(H2,20,24). The van der Waals surface area contributed by atoms with Crippen LogP contribution in [-0.4, -0.2) is 20.2 Å². The third-order valence-electron chi connectivity index (χ3n) is 3.43. The molecule has 1 unspecified atom stereocenters. The molecule has 128 valence electrons. The van der Waals surface area contributed by atoms with Crippen molar-refractivity contribution in [2.24, 2.45) is 0 Å². The predicted molar refractivity (Wildman–Crippen MR) is 92.9 cm³/mol. The molecule has 0 aliphatic rings. The van der Waals surface area contributed by atoms with E-state index in [1.54, 1.807) is 25.4 Å². The fourth-order valence-corrected chi connectivity index (χ4v) is 2.89. The second-order valence-corrected chi connectivity index (χ2v) is 5.91. The molecule has 3 aromatic rings. The summed E-state index contributed by atoms with van der Waals surface area (Å²) in [6.45, 7) is 1.68. The van der Waals surface area contributed by atoms with Gasteiger partial charge in [-0.05, 0) is 19.1 Å². The van der Waals surface area contributed by atoms with Gasteiger partial charge in [-0.3, -0.25) is 0 Å². The number of anilines is 1. The minimum Gasteiger partial charge on any atom is -0.482 e. The Morgan fingerprint density at radius 3 is 2.60 bits per heavy atom. The Kier molecular flexibility index (Phi) is 4.96. The number of hydrogen-bond acceptors (Lipinski definition) is 6. The second kappa shape index (κ2) is 7.16. The van der Waals surface area contributed by atoms with Crippen LogP contribution in [0.1, 0.15) is 18.6 Å². The smallest absolute Gasteiger partial charge is 0.188 e. The van der Waals surface area contributed by atoms with E-state index in [9.17, 15) is 4.39 Å². The molecule has 1 atom stereocenters. The average molecular weight is 380 g/mol. The van der Waals surface area contributed by atoms with Gasteiger partial charge in [0, 0.05) is 34.6 Å². The third-order valence-corrected chi connectivity index (χ3v) is 4.15. The van der Waals surface area contributed by atoms with Crippen LogP contribution >= 0.6 is 23.2 Å². The predicted octanol–water partition coefficient (Wildman–Crippen LogP) is 4.10. The van der Waals surface area contributed by atoms with Gasteiger partial charge in [-0.1, -0.05) is 23.2 Å². The number of ether oxygens (including phenoxy) is 1. The van der Waals surface area contributed by atoms with Crippen molar-refractivity contribution in [3.63, 3.8) is 0 Å². The number of nitrogens with two attached hydrogens (primary N) is 1. The molecule has 9 heteroatoms. The van der Waals surface area contributed by atoms with Gasteiger partial charge in [0.05, 0.1) is 10.7 Å². The Hall–Kier alpha value is -2.51. The van der Waals surface area contributed by atoms with Gasteiger partial charge < -0.3 is 10.5 Å². The van der Waals surface area contributed by atoms with Crippen LogP contribution in [0.5, 0.6) is 5.75 Å². The van der Waals surface area contributed by atoms with Gasteiger partial charge in [-0.25, -0.2) is 14.4 Å². The summed E-state index contributed by atoms with van der Waals surface area (Å²) in [5.74, 6) is -0.242. The highest BCUT2D eigenvalue weighted by Crippen LogP contribution is 2.36. The molecule has 0 aliphatic heterocycles. The Bertz CT molecular complexity index is 911. The second-order valence-electron chi connectivity index (χ2n) is 5.12. The first-order valence-electron chi connectivity index (χ1n) is 7.16. The van der Waals surface area contributed by atoms with Crippen molar-refractivity contribution >= 4 is 29.0 Å². The van der Waals surface area contributed by atoms with Gasteiger partial charge in [0.2, 0.25) is 0 Å². The summed E-state index contributed by atoms with van der Waals surface area (Å²) in [6.07, 6.45) is 3.91. The van der Waals surface area contributed by atoms with Crippen molar-refractivity contribution in [3.05, 3.63) is 58.3 Å². The van der Waals surface area contributed by atoms with Crippen LogP contribution in [0.4, 0.5) is 10.2 Å². The summed E-state index contributed by atoms with van der Waals surface area (Å²) in [5, 5.41) is 8.05. The molecule has 2 aromatic heterocycles. The molecule has 1 aromatic carbocycles. The SMILES string of the molecule is CC(Oc1cc(-c2cncnc2)nnc1N)c1c(Cl)ccc(F)c1Cl. The maximum atomic E-state index is 13.7.